The van der Waals surface area contributed by atoms with Crippen molar-refractivity contribution in [1.29, 1.82) is 0 Å². The Morgan fingerprint density at radius 1 is 1.24 bits per heavy atom. The van der Waals surface area contributed by atoms with Gasteiger partial charge in [0.15, 0.2) is 5.76 Å². The third-order valence-electron chi connectivity index (χ3n) is 2.94. The SMILES string of the molecule is CN(C(=O)c1ccco1)c1ccccc1C(=O)NCCO. The first kappa shape index (κ1) is 14.8. The smallest absolute Gasteiger partial charge is 0.293 e. The van der Waals surface area contributed by atoms with Crippen molar-refractivity contribution in [2.24, 2.45) is 0 Å². The highest BCUT2D eigenvalue weighted by Crippen LogP contribution is 2.21. The van der Waals surface area contributed by atoms with Crippen molar-refractivity contribution in [3.05, 3.63) is 54.0 Å². The highest BCUT2D eigenvalue weighted by Gasteiger charge is 2.20. The summed E-state index contributed by atoms with van der Waals surface area (Å²) in [5.41, 5.74) is 0.822. The highest BCUT2D eigenvalue weighted by molar-refractivity contribution is 6.09. The van der Waals surface area contributed by atoms with Gasteiger partial charge in [-0.1, -0.05) is 12.1 Å². The van der Waals surface area contributed by atoms with Crippen LogP contribution in [-0.2, 0) is 0 Å². The van der Waals surface area contributed by atoms with Crippen LogP contribution in [0.5, 0.6) is 0 Å². The predicted molar refractivity (Wildman–Crippen MR) is 77.3 cm³/mol. The number of carbonyl (C=O) groups excluding carboxylic acids is 2. The maximum Gasteiger partial charge on any atom is 0.293 e. The third kappa shape index (κ3) is 3.29. The lowest BCUT2D eigenvalue weighted by Crippen LogP contribution is -2.31. The van der Waals surface area contributed by atoms with Gasteiger partial charge in [0.05, 0.1) is 24.1 Å². The van der Waals surface area contributed by atoms with Crippen LogP contribution in [0.4, 0.5) is 5.69 Å². The van der Waals surface area contributed by atoms with Gasteiger partial charge in [-0.2, -0.15) is 0 Å². The molecule has 2 rings (SSSR count). The standard InChI is InChI=1S/C15H16N2O4/c1-17(15(20)13-7-4-10-21-13)12-6-3-2-5-11(12)14(19)16-8-9-18/h2-7,10,18H,8-9H2,1H3,(H,16,19). The number of rotatable bonds is 5. The van der Waals surface area contributed by atoms with E-state index in [0.717, 1.165) is 0 Å². The molecule has 1 aromatic heterocycles. The van der Waals surface area contributed by atoms with Crippen molar-refractivity contribution in [3.63, 3.8) is 0 Å². The van der Waals surface area contributed by atoms with Crippen LogP contribution in [-0.4, -0.2) is 37.1 Å². The van der Waals surface area contributed by atoms with E-state index in [4.69, 9.17) is 9.52 Å². The maximum absolute atomic E-state index is 12.3. The average Bonchev–Trinajstić information content (AvgIpc) is 3.05. The fourth-order valence-electron chi connectivity index (χ4n) is 1.90. The highest BCUT2D eigenvalue weighted by atomic mass is 16.3. The van der Waals surface area contributed by atoms with Gasteiger partial charge in [-0.05, 0) is 24.3 Å². The Kier molecular flexibility index (Phi) is 4.73. The summed E-state index contributed by atoms with van der Waals surface area (Å²) in [5.74, 6) is -0.496. The Morgan fingerprint density at radius 3 is 2.67 bits per heavy atom. The molecule has 2 amide bonds. The number of hydrogen-bond donors (Lipinski definition) is 2. The molecule has 110 valence electrons. The topological polar surface area (TPSA) is 82.8 Å². The number of carbonyl (C=O) groups is 2. The molecule has 0 radical (unpaired) electrons. The third-order valence-corrected chi connectivity index (χ3v) is 2.94. The fourth-order valence-corrected chi connectivity index (χ4v) is 1.90. The summed E-state index contributed by atoms with van der Waals surface area (Å²) in [6.45, 7) is 0.0120. The van der Waals surface area contributed by atoms with E-state index in [1.807, 2.05) is 0 Å². The molecule has 0 aliphatic rings. The van der Waals surface area contributed by atoms with E-state index < -0.39 is 0 Å². The molecule has 0 saturated heterocycles. The molecule has 6 heteroatoms. The van der Waals surface area contributed by atoms with Crippen molar-refractivity contribution in [2.75, 3.05) is 25.1 Å². The number of furan rings is 1. The zero-order chi connectivity index (χ0) is 15.2. The Labute approximate surface area is 122 Å². The normalized spacial score (nSPS) is 10.2. The fraction of sp³-hybridized carbons (Fsp3) is 0.200. The Bertz CT molecular complexity index is 622. The van der Waals surface area contributed by atoms with Gasteiger partial charge in [0.1, 0.15) is 0 Å². The van der Waals surface area contributed by atoms with Gasteiger partial charge >= 0.3 is 0 Å². The second kappa shape index (κ2) is 6.71. The van der Waals surface area contributed by atoms with Crippen LogP contribution in [0, 0.1) is 0 Å². The number of benzene rings is 1. The van der Waals surface area contributed by atoms with E-state index in [1.54, 1.807) is 43.4 Å². The number of nitrogens with one attached hydrogen (secondary N) is 1. The zero-order valence-corrected chi connectivity index (χ0v) is 11.6. The first-order valence-electron chi connectivity index (χ1n) is 6.44. The van der Waals surface area contributed by atoms with Crippen LogP contribution in [0.3, 0.4) is 0 Å². The molecular weight excluding hydrogens is 272 g/mol. The average molecular weight is 288 g/mol. The molecule has 1 aromatic carbocycles. The number of anilines is 1. The van der Waals surface area contributed by atoms with Crippen LogP contribution >= 0.6 is 0 Å². The van der Waals surface area contributed by atoms with Crippen molar-refractivity contribution in [1.82, 2.24) is 5.32 Å². The number of para-hydroxylation sites is 1. The molecule has 0 fully saturated rings. The molecule has 0 aliphatic heterocycles. The first-order chi connectivity index (χ1) is 10.1. The minimum absolute atomic E-state index is 0.144. The molecule has 2 aromatic rings. The van der Waals surface area contributed by atoms with Crippen molar-refractivity contribution in [3.8, 4) is 0 Å². The molecule has 0 bridgehead atoms. The molecule has 0 saturated carbocycles. The molecule has 21 heavy (non-hydrogen) atoms. The van der Waals surface area contributed by atoms with Gasteiger partial charge in [0.2, 0.25) is 0 Å². The van der Waals surface area contributed by atoms with Crippen LogP contribution in [0.1, 0.15) is 20.9 Å². The van der Waals surface area contributed by atoms with Crippen molar-refractivity contribution < 1.29 is 19.1 Å². The monoisotopic (exact) mass is 288 g/mol. The van der Waals surface area contributed by atoms with E-state index >= 15 is 0 Å². The van der Waals surface area contributed by atoms with Crippen LogP contribution in [0.25, 0.3) is 0 Å². The van der Waals surface area contributed by atoms with Crippen LogP contribution in [0.2, 0.25) is 0 Å². The summed E-state index contributed by atoms with van der Waals surface area (Å²) in [5, 5.41) is 11.3. The molecule has 2 N–H and O–H groups in total. The Morgan fingerprint density at radius 2 is 2.00 bits per heavy atom. The lowest BCUT2D eigenvalue weighted by molar-refractivity contribution is 0.0945. The molecule has 0 atom stereocenters. The molecule has 1 heterocycles. The van der Waals surface area contributed by atoms with E-state index in [9.17, 15) is 9.59 Å². The lowest BCUT2D eigenvalue weighted by atomic mass is 10.1. The van der Waals surface area contributed by atoms with Crippen molar-refractivity contribution in [2.45, 2.75) is 0 Å². The van der Waals surface area contributed by atoms with Gasteiger partial charge in [0.25, 0.3) is 11.8 Å². The van der Waals surface area contributed by atoms with Gasteiger partial charge in [-0.3, -0.25) is 9.59 Å². The van der Waals surface area contributed by atoms with E-state index in [2.05, 4.69) is 5.32 Å². The largest absolute Gasteiger partial charge is 0.459 e. The number of aliphatic hydroxyl groups is 1. The summed E-state index contributed by atoms with van der Waals surface area (Å²) in [4.78, 5) is 25.7. The van der Waals surface area contributed by atoms with E-state index in [1.165, 1.54) is 11.2 Å². The van der Waals surface area contributed by atoms with Crippen LogP contribution < -0.4 is 10.2 Å². The summed E-state index contributed by atoms with van der Waals surface area (Å²) in [7, 11) is 1.57. The van der Waals surface area contributed by atoms with Gasteiger partial charge in [0, 0.05) is 13.6 Å². The Hall–Kier alpha value is -2.60. The quantitative estimate of drug-likeness (QED) is 0.868. The lowest BCUT2D eigenvalue weighted by Gasteiger charge is -2.19. The van der Waals surface area contributed by atoms with Crippen molar-refractivity contribution >= 4 is 17.5 Å². The summed E-state index contributed by atoms with van der Waals surface area (Å²) in [6, 6.07) is 9.93. The number of amides is 2. The van der Waals surface area contributed by atoms with E-state index in [0.29, 0.717) is 11.3 Å². The number of aliphatic hydroxyl groups excluding tert-OH is 1. The van der Waals surface area contributed by atoms with Gasteiger partial charge < -0.3 is 19.7 Å². The maximum atomic E-state index is 12.3. The molecular formula is C15H16N2O4. The van der Waals surface area contributed by atoms with Gasteiger partial charge in [-0.15, -0.1) is 0 Å². The Balaban J connectivity index is 2.27. The summed E-state index contributed by atoms with van der Waals surface area (Å²) in [6.07, 6.45) is 1.42. The second-order valence-electron chi connectivity index (χ2n) is 4.34. The van der Waals surface area contributed by atoms with Gasteiger partial charge in [-0.25, -0.2) is 0 Å². The molecule has 0 aliphatic carbocycles. The first-order valence-corrected chi connectivity index (χ1v) is 6.44. The number of nitrogens with zero attached hydrogens (tertiary/aromatic N) is 1. The zero-order valence-electron chi connectivity index (χ0n) is 11.6. The second-order valence-corrected chi connectivity index (χ2v) is 4.34. The van der Waals surface area contributed by atoms with E-state index in [-0.39, 0.29) is 30.7 Å². The summed E-state index contributed by atoms with van der Waals surface area (Å²) >= 11 is 0. The summed E-state index contributed by atoms with van der Waals surface area (Å²) < 4.78 is 5.08. The van der Waals surface area contributed by atoms with Crippen LogP contribution in [0.15, 0.2) is 47.1 Å². The predicted octanol–water partition coefficient (Wildman–Crippen LogP) is 1.28. The molecule has 0 unspecified atom stereocenters. The minimum Gasteiger partial charge on any atom is -0.459 e. The minimum atomic E-state index is -0.348. The molecule has 6 nitrogen and oxygen atoms in total. The molecule has 0 spiro atoms. The number of hydrogen-bond acceptors (Lipinski definition) is 4.